The minimum Gasteiger partial charge on any atom is -0.359 e. The Morgan fingerprint density at radius 3 is 2.73 bits per heavy atom. The van der Waals surface area contributed by atoms with E-state index in [0.717, 1.165) is 19.5 Å². The van der Waals surface area contributed by atoms with Crippen LogP contribution >= 0.6 is 0 Å². The predicted octanol–water partition coefficient (Wildman–Crippen LogP) is 3.45. The van der Waals surface area contributed by atoms with Crippen LogP contribution in [-0.4, -0.2) is 29.6 Å². The van der Waals surface area contributed by atoms with Gasteiger partial charge in [-0.2, -0.15) is 0 Å². The number of aryl methyl sites for hydroxylation is 1. The lowest BCUT2D eigenvalue weighted by atomic mass is 9.64. The minimum absolute atomic E-state index is 0.140. The highest BCUT2D eigenvalue weighted by atomic mass is 16.1. The van der Waals surface area contributed by atoms with E-state index in [-0.39, 0.29) is 11.3 Å². The summed E-state index contributed by atoms with van der Waals surface area (Å²) < 4.78 is 0. The van der Waals surface area contributed by atoms with Crippen molar-refractivity contribution < 1.29 is 4.79 Å². The van der Waals surface area contributed by atoms with Crippen LogP contribution in [0.2, 0.25) is 0 Å². The monoisotopic (exact) mass is 298 g/mol. The average molecular weight is 298 g/mol. The molecule has 3 heteroatoms. The molecule has 0 aromatic heterocycles. The summed E-state index contributed by atoms with van der Waals surface area (Å²) in [5, 5.41) is 8.48. The quantitative estimate of drug-likeness (QED) is 0.671. The summed E-state index contributed by atoms with van der Waals surface area (Å²) in [5.41, 5.74) is 2.67. The standard InChI is InChI=1S/C19H26N2O/c1-13-6-4-5-7-14(13)10-18(20)21-11-15-16(12-21)19(2,3)9-8-17(15)22/h4-7,15-16,20H,8-12H2,1-3H3/t15-,16+/m1/s1. The topological polar surface area (TPSA) is 44.2 Å². The zero-order chi connectivity index (χ0) is 15.9. The predicted molar refractivity (Wildman–Crippen MR) is 89.2 cm³/mol. The van der Waals surface area contributed by atoms with Gasteiger partial charge >= 0.3 is 0 Å². The minimum atomic E-state index is 0.140. The molecule has 2 aliphatic rings. The molecule has 0 spiro atoms. The van der Waals surface area contributed by atoms with E-state index >= 15 is 0 Å². The van der Waals surface area contributed by atoms with Crippen molar-refractivity contribution in [2.45, 2.75) is 40.0 Å². The van der Waals surface area contributed by atoms with E-state index in [0.29, 0.717) is 30.4 Å². The normalized spacial score (nSPS) is 26.9. The number of likely N-dealkylation sites (tertiary alicyclic amines) is 1. The molecule has 3 rings (SSSR count). The molecule has 22 heavy (non-hydrogen) atoms. The van der Waals surface area contributed by atoms with Gasteiger partial charge in [-0.3, -0.25) is 10.2 Å². The van der Waals surface area contributed by atoms with E-state index in [9.17, 15) is 4.79 Å². The van der Waals surface area contributed by atoms with E-state index in [2.05, 4.69) is 37.8 Å². The first kappa shape index (κ1) is 15.3. The number of carbonyl (C=O) groups excluding carboxylic acids is 1. The van der Waals surface area contributed by atoms with Gasteiger partial charge in [0.1, 0.15) is 11.6 Å². The molecule has 0 amide bonds. The van der Waals surface area contributed by atoms with Gasteiger partial charge in [-0.1, -0.05) is 38.1 Å². The number of hydrogen-bond donors (Lipinski definition) is 1. The zero-order valence-corrected chi connectivity index (χ0v) is 13.9. The Balaban J connectivity index is 1.73. The molecule has 1 heterocycles. The van der Waals surface area contributed by atoms with Crippen molar-refractivity contribution in [3.05, 3.63) is 35.4 Å². The SMILES string of the molecule is Cc1ccccc1CC(=N)N1C[C@H]2C(=O)CCC(C)(C)[C@H]2C1. The Hall–Kier alpha value is -1.64. The highest BCUT2D eigenvalue weighted by Crippen LogP contribution is 2.46. The summed E-state index contributed by atoms with van der Waals surface area (Å²) in [5.74, 6) is 1.62. The van der Waals surface area contributed by atoms with Gasteiger partial charge in [-0.15, -0.1) is 0 Å². The van der Waals surface area contributed by atoms with E-state index in [1.807, 2.05) is 12.1 Å². The number of fused-ring (bicyclic) bond motifs is 1. The maximum atomic E-state index is 12.2. The van der Waals surface area contributed by atoms with E-state index in [1.54, 1.807) is 0 Å². The van der Waals surface area contributed by atoms with Crippen LogP contribution in [0.4, 0.5) is 0 Å². The summed E-state index contributed by atoms with van der Waals surface area (Å²) in [6.07, 6.45) is 2.37. The molecule has 3 nitrogen and oxygen atoms in total. The Morgan fingerprint density at radius 1 is 1.32 bits per heavy atom. The number of amidine groups is 1. The highest BCUT2D eigenvalue weighted by Gasteiger charge is 2.48. The first-order chi connectivity index (χ1) is 10.4. The van der Waals surface area contributed by atoms with Gasteiger partial charge in [0.15, 0.2) is 0 Å². The molecule has 1 N–H and O–H groups in total. The van der Waals surface area contributed by atoms with Crippen LogP contribution in [0.1, 0.15) is 37.8 Å². The molecule has 2 atom stereocenters. The number of nitrogens with zero attached hydrogens (tertiary/aromatic N) is 1. The second-order valence-electron chi connectivity index (χ2n) is 7.62. The van der Waals surface area contributed by atoms with Gasteiger partial charge in [0, 0.05) is 31.8 Å². The van der Waals surface area contributed by atoms with Crippen LogP contribution in [0.3, 0.4) is 0 Å². The molecule has 0 radical (unpaired) electrons. The van der Waals surface area contributed by atoms with E-state index in [4.69, 9.17) is 5.41 Å². The first-order valence-electron chi connectivity index (χ1n) is 8.28. The third-order valence-corrected chi connectivity index (χ3v) is 5.75. The van der Waals surface area contributed by atoms with Crippen molar-refractivity contribution in [2.75, 3.05) is 13.1 Å². The number of Topliss-reactive ketones (excluding diaryl/α,β-unsaturated/α-hetero) is 1. The van der Waals surface area contributed by atoms with Crippen LogP contribution in [-0.2, 0) is 11.2 Å². The fourth-order valence-corrected chi connectivity index (χ4v) is 4.06. The van der Waals surface area contributed by atoms with Crippen LogP contribution in [0.25, 0.3) is 0 Å². The molecule has 1 aromatic rings. The Kier molecular flexibility index (Phi) is 3.84. The molecule has 1 saturated carbocycles. The van der Waals surface area contributed by atoms with Crippen molar-refractivity contribution in [2.24, 2.45) is 17.3 Å². The van der Waals surface area contributed by atoms with Crippen molar-refractivity contribution >= 4 is 11.6 Å². The molecular formula is C19H26N2O. The van der Waals surface area contributed by atoms with Crippen LogP contribution < -0.4 is 0 Å². The number of ketones is 1. The fourth-order valence-electron chi connectivity index (χ4n) is 4.06. The highest BCUT2D eigenvalue weighted by molar-refractivity contribution is 5.86. The summed E-state index contributed by atoms with van der Waals surface area (Å²) in [7, 11) is 0. The Bertz CT molecular complexity index is 605. The number of rotatable bonds is 2. The largest absolute Gasteiger partial charge is 0.359 e. The molecule has 1 aliphatic carbocycles. The third-order valence-electron chi connectivity index (χ3n) is 5.75. The van der Waals surface area contributed by atoms with Gasteiger partial charge in [0.05, 0.1) is 0 Å². The van der Waals surface area contributed by atoms with Crippen molar-refractivity contribution in [3.8, 4) is 0 Å². The van der Waals surface area contributed by atoms with Crippen molar-refractivity contribution in [1.82, 2.24) is 4.90 Å². The van der Waals surface area contributed by atoms with Gasteiger partial charge < -0.3 is 4.90 Å². The molecule has 0 bridgehead atoms. The molecule has 1 aliphatic heterocycles. The van der Waals surface area contributed by atoms with Crippen molar-refractivity contribution in [3.63, 3.8) is 0 Å². The lowest BCUT2D eigenvalue weighted by Crippen LogP contribution is -2.39. The molecule has 1 aromatic carbocycles. The molecular weight excluding hydrogens is 272 g/mol. The fraction of sp³-hybridized carbons (Fsp3) is 0.579. The zero-order valence-electron chi connectivity index (χ0n) is 13.9. The number of carbonyl (C=O) groups is 1. The van der Waals surface area contributed by atoms with Gasteiger partial charge in [-0.05, 0) is 35.8 Å². The molecule has 2 fully saturated rings. The second kappa shape index (κ2) is 5.53. The van der Waals surface area contributed by atoms with Crippen LogP contribution in [0, 0.1) is 29.6 Å². The maximum Gasteiger partial charge on any atom is 0.138 e. The van der Waals surface area contributed by atoms with Crippen molar-refractivity contribution in [1.29, 1.82) is 5.41 Å². The lowest BCUT2D eigenvalue weighted by molar-refractivity contribution is -0.128. The summed E-state index contributed by atoms with van der Waals surface area (Å²) in [6, 6.07) is 8.27. The van der Waals surface area contributed by atoms with Gasteiger partial charge in [0.25, 0.3) is 0 Å². The van der Waals surface area contributed by atoms with Crippen LogP contribution in [0.15, 0.2) is 24.3 Å². The molecule has 1 saturated heterocycles. The second-order valence-corrected chi connectivity index (χ2v) is 7.62. The molecule has 0 unspecified atom stereocenters. The smallest absolute Gasteiger partial charge is 0.138 e. The third kappa shape index (κ3) is 2.69. The number of hydrogen-bond acceptors (Lipinski definition) is 2. The van der Waals surface area contributed by atoms with Gasteiger partial charge in [-0.25, -0.2) is 0 Å². The summed E-state index contributed by atoms with van der Waals surface area (Å²) >= 11 is 0. The summed E-state index contributed by atoms with van der Waals surface area (Å²) in [6.45, 7) is 8.28. The first-order valence-corrected chi connectivity index (χ1v) is 8.28. The Labute approximate surface area is 133 Å². The average Bonchev–Trinajstić information content (AvgIpc) is 2.93. The van der Waals surface area contributed by atoms with E-state index in [1.165, 1.54) is 11.1 Å². The summed E-state index contributed by atoms with van der Waals surface area (Å²) in [4.78, 5) is 14.4. The number of benzene rings is 1. The Morgan fingerprint density at radius 2 is 2.05 bits per heavy atom. The van der Waals surface area contributed by atoms with Crippen LogP contribution in [0.5, 0.6) is 0 Å². The lowest BCUT2D eigenvalue weighted by Gasteiger charge is -2.38. The van der Waals surface area contributed by atoms with Gasteiger partial charge in [0.2, 0.25) is 0 Å². The van der Waals surface area contributed by atoms with E-state index < -0.39 is 0 Å². The molecule has 118 valence electrons. The number of nitrogens with one attached hydrogen (secondary N) is 1. The maximum absolute atomic E-state index is 12.2.